The molecule has 0 spiro atoms. The third kappa shape index (κ3) is 4.31. The van der Waals surface area contributed by atoms with Gasteiger partial charge in [-0.2, -0.15) is 0 Å². The van der Waals surface area contributed by atoms with Crippen LogP contribution >= 0.6 is 0 Å². The summed E-state index contributed by atoms with van der Waals surface area (Å²) in [5, 5.41) is 4.33. The Morgan fingerprint density at radius 2 is 1.73 bits per heavy atom. The zero-order valence-corrected chi connectivity index (χ0v) is 17.7. The SMILES string of the molecule is CC(C)C(=O)NCCC(=O)N1Cc2ccccc2/C(N(C)N)=C(/N)c2ccccc21. The Kier molecular flexibility index (Phi) is 6.42. The lowest BCUT2D eigenvalue weighted by atomic mass is 9.95. The van der Waals surface area contributed by atoms with E-state index >= 15 is 0 Å². The van der Waals surface area contributed by atoms with Crippen molar-refractivity contribution in [1.29, 1.82) is 0 Å². The monoisotopic (exact) mass is 407 g/mol. The van der Waals surface area contributed by atoms with E-state index in [0.29, 0.717) is 17.9 Å². The Morgan fingerprint density at radius 3 is 2.40 bits per heavy atom. The third-order valence-corrected chi connectivity index (χ3v) is 5.16. The molecule has 0 saturated carbocycles. The fraction of sp³-hybridized carbons (Fsp3) is 0.304. The normalized spacial score (nSPS) is 15.7. The zero-order chi connectivity index (χ0) is 21.8. The Labute approximate surface area is 177 Å². The largest absolute Gasteiger partial charge is 0.396 e. The molecule has 0 atom stereocenters. The zero-order valence-electron chi connectivity index (χ0n) is 17.7. The van der Waals surface area contributed by atoms with Gasteiger partial charge < -0.3 is 21.0 Å². The molecule has 0 fully saturated rings. The second-order valence-electron chi connectivity index (χ2n) is 7.72. The van der Waals surface area contributed by atoms with Crippen LogP contribution in [0.15, 0.2) is 48.5 Å². The maximum absolute atomic E-state index is 13.2. The Hall–Kier alpha value is -3.32. The highest BCUT2D eigenvalue weighted by atomic mass is 16.2. The van der Waals surface area contributed by atoms with Crippen molar-refractivity contribution in [2.45, 2.75) is 26.8 Å². The Bertz CT molecular complexity index is 981. The summed E-state index contributed by atoms with van der Waals surface area (Å²) in [4.78, 5) is 26.8. The van der Waals surface area contributed by atoms with Crippen molar-refractivity contribution >= 4 is 28.9 Å². The van der Waals surface area contributed by atoms with Crippen molar-refractivity contribution in [3.63, 3.8) is 0 Å². The van der Waals surface area contributed by atoms with E-state index in [1.165, 1.54) is 5.01 Å². The van der Waals surface area contributed by atoms with Crippen LogP contribution in [0.3, 0.4) is 0 Å². The summed E-state index contributed by atoms with van der Waals surface area (Å²) < 4.78 is 0. The average Bonchev–Trinajstić information content (AvgIpc) is 2.71. The smallest absolute Gasteiger partial charge is 0.229 e. The molecule has 2 aromatic carbocycles. The van der Waals surface area contributed by atoms with Gasteiger partial charge in [-0.05, 0) is 11.6 Å². The molecule has 7 heteroatoms. The van der Waals surface area contributed by atoms with Crippen LogP contribution in [0, 0.1) is 5.92 Å². The molecule has 30 heavy (non-hydrogen) atoms. The average molecular weight is 408 g/mol. The van der Waals surface area contributed by atoms with Gasteiger partial charge in [0, 0.05) is 37.1 Å². The predicted molar refractivity (Wildman–Crippen MR) is 119 cm³/mol. The fourth-order valence-corrected chi connectivity index (χ4v) is 3.59. The lowest BCUT2D eigenvalue weighted by molar-refractivity contribution is -0.124. The number of hydrogen-bond acceptors (Lipinski definition) is 5. The van der Waals surface area contributed by atoms with Gasteiger partial charge in [-0.25, -0.2) is 5.84 Å². The van der Waals surface area contributed by atoms with Crippen molar-refractivity contribution < 1.29 is 9.59 Å². The molecule has 158 valence electrons. The first-order valence-corrected chi connectivity index (χ1v) is 10.0. The molecule has 7 nitrogen and oxygen atoms in total. The van der Waals surface area contributed by atoms with Crippen LogP contribution in [0.2, 0.25) is 0 Å². The maximum atomic E-state index is 13.2. The fourth-order valence-electron chi connectivity index (χ4n) is 3.59. The van der Waals surface area contributed by atoms with Crippen LogP contribution in [0.1, 0.15) is 37.0 Å². The number of carbonyl (C=O) groups excluding carboxylic acids is 2. The maximum Gasteiger partial charge on any atom is 0.229 e. The number of nitrogens with two attached hydrogens (primary N) is 2. The lowest BCUT2D eigenvalue weighted by Gasteiger charge is -2.31. The summed E-state index contributed by atoms with van der Waals surface area (Å²) in [6.07, 6.45) is 0.197. The van der Waals surface area contributed by atoms with Crippen LogP contribution in [0.5, 0.6) is 0 Å². The molecular weight excluding hydrogens is 378 g/mol. The first-order valence-electron chi connectivity index (χ1n) is 10.0. The lowest BCUT2D eigenvalue weighted by Crippen LogP contribution is -2.37. The molecule has 0 aliphatic carbocycles. The molecule has 0 bridgehead atoms. The molecule has 0 unspecified atom stereocenters. The van der Waals surface area contributed by atoms with Gasteiger partial charge in [0.25, 0.3) is 0 Å². The van der Waals surface area contributed by atoms with Gasteiger partial charge in [-0.3, -0.25) is 9.59 Å². The summed E-state index contributed by atoms with van der Waals surface area (Å²) >= 11 is 0. The number of hydrazine groups is 1. The van der Waals surface area contributed by atoms with E-state index < -0.39 is 0 Å². The van der Waals surface area contributed by atoms with Crippen molar-refractivity contribution in [1.82, 2.24) is 10.3 Å². The van der Waals surface area contributed by atoms with Crippen LogP contribution in [0.4, 0.5) is 5.69 Å². The molecule has 3 rings (SSSR count). The second kappa shape index (κ2) is 9.00. The Balaban J connectivity index is 2.02. The van der Waals surface area contributed by atoms with E-state index in [0.717, 1.165) is 22.4 Å². The number of nitrogens with one attached hydrogen (secondary N) is 1. The van der Waals surface area contributed by atoms with Gasteiger partial charge in [0.15, 0.2) is 0 Å². The summed E-state index contributed by atoms with van der Waals surface area (Å²) in [7, 11) is 1.75. The molecular formula is C23H29N5O2. The molecule has 2 aromatic rings. The second-order valence-corrected chi connectivity index (χ2v) is 7.72. The summed E-state index contributed by atoms with van der Waals surface area (Å²) in [5.74, 6) is 5.87. The van der Waals surface area contributed by atoms with Crippen molar-refractivity contribution in [2.24, 2.45) is 17.5 Å². The van der Waals surface area contributed by atoms with Crippen LogP contribution < -0.4 is 21.8 Å². The van der Waals surface area contributed by atoms with Crippen molar-refractivity contribution in [3.8, 4) is 0 Å². The molecule has 1 aliphatic heterocycles. The minimum Gasteiger partial charge on any atom is -0.396 e. The van der Waals surface area contributed by atoms with Gasteiger partial charge in [-0.1, -0.05) is 56.3 Å². The van der Waals surface area contributed by atoms with Gasteiger partial charge in [0.05, 0.1) is 23.6 Å². The topological polar surface area (TPSA) is 105 Å². The number of benzene rings is 2. The molecule has 0 saturated heterocycles. The first-order chi connectivity index (χ1) is 14.3. The highest BCUT2D eigenvalue weighted by Crippen LogP contribution is 2.36. The predicted octanol–water partition coefficient (Wildman–Crippen LogP) is 2.29. The third-order valence-electron chi connectivity index (χ3n) is 5.16. The van der Waals surface area contributed by atoms with E-state index in [4.69, 9.17) is 11.6 Å². The number of hydrogen-bond donors (Lipinski definition) is 3. The minimum atomic E-state index is -0.119. The quantitative estimate of drug-likeness (QED) is 0.521. The molecule has 5 N–H and O–H groups in total. The van der Waals surface area contributed by atoms with E-state index in [1.807, 2.05) is 62.4 Å². The minimum absolute atomic E-state index is 0.0657. The van der Waals surface area contributed by atoms with Gasteiger partial charge >= 0.3 is 0 Å². The van der Waals surface area contributed by atoms with Gasteiger partial charge in [0.1, 0.15) is 0 Å². The van der Waals surface area contributed by atoms with Gasteiger partial charge in [0.2, 0.25) is 11.8 Å². The number of nitrogens with zero attached hydrogens (tertiary/aromatic N) is 2. The highest BCUT2D eigenvalue weighted by Gasteiger charge is 2.26. The Morgan fingerprint density at radius 1 is 1.10 bits per heavy atom. The molecule has 0 radical (unpaired) electrons. The summed E-state index contributed by atoms with van der Waals surface area (Å²) in [6.45, 7) is 4.32. The van der Waals surface area contributed by atoms with E-state index in [-0.39, 0.29) is 30.7 Å². The molecule has 1 aliphatic rings. The summed E-state index contributed by atoms with van der Waals surface area (Å²) in [6, 6.07) is 15.3. The standard InChI is InChI=1S/C23H29N5O2/c1-15(2)23(30)26-13-12-20(29)28-14-16-8-4-5-9-17(16)22(27(3)25)21(24)18-10-6-7-11-19(18)28/h4-11,15H,12-14,24-25H2,1-3H3,(H,26,30)/b22-21-. The molecule has 1 heterocycles. The van der Waals surface area contributed by atoms with Crippen LogP contribution in [-0.2, 0) is 16.1 Å². The van der Waals surface area contributed by atoms with Crippen molar-refractivity contribution in [3.05, 3.63) is 65.2 Å². The number of fused-ring (bicyclic) bond motifs is 2. The molecule has 0 aromatic heterocycles. The highest BCUT2D eigenvalue weighted by molar-refractivity contribution is 6.01. The van der Waals surface area contributed by atoms with Crippen molar-refractivity contribution in [2.75, 3.05) is 18.5 Å². The van der Waals surface area contributed by atoms with E-state index in [1.54, 1.807) is 11.9 Å². The van der Waals surface area contributed by atoms with Gasteiger partial charge in [-0.15, -0.1) is 0 Å². The summed E-state index contributed by atoms with van der Waals surface area (Å²) in [5.41, 5.74) is 11.1. The number of anilines is 1. The molecule has 2 amide bonds. The number of amides is 2. The van der Waals surface area contributed by atoms with E-state index in [2.05, 4.69) is 5.32 Å². The number of rotatable bonds is 5. The first kappa shape index (κ1) is 21.4. The van der Waals surface area contributed by atoms with E-state index in [9.17, 15) is 9.59 Å². The number of para-hydroxylation sites is 1. The van der Waals surface area contributed by atoms with Crippen LogP contribution in [-0.4, -0.2) is 30.4 Å². The number of carbonyl (C=O) groups is 2. The van der Waals surface area contributed by atoms with Crippen LogP contribution in [0.25, 0.3) is 11.4 Å².